The fourth-order valence-electron chi connectivity index (χ4n) is 3.04. The molecule has 2 aromatic carbocycles. The average Bonchev–Trinajstić information content (AvgIpc) is 3.11. The van der Waals surface area contributed by atoms with E-state index in [4.69, 9.17) is 10.00 Å². The normalized spacial score (nSPS) is 9.97. The number of phenols is 1. The van der Waals surface area contributed by atoms with Crippen LogP contribution in [-0.4, -0.2) is 40.9 Å². The number of hydrogen-bond donors (Lipinski definition) is 1. The quantitative estimate of drug-likeness (QED) is 0.456. The first kappa shape index (κ1) is 24.2. The second kappa shape index (κ2) is 11.4. The molecule has 3 rings (SSSR count). The summed E-state index contributed by atoms with van der Waals surface area (Å²) in [5.41, 5.74) is 3.57. The molecule has 0 aliphatic heterocycles. The van der Waals surface area contributed by atoms with Gasteiger partial charge in [0.15, 0.2) is 5.69 Å². The molecule has 0 saturated heterocycles. The number of ether oxygens (including phenoxy) is 1. The molecule has 0 spiro atoms. The Kier molecular flexibility index (Phi) is 8.63. The third-order valence-electron chi connectivity index (χ3n) is 4.53. The molecule has 166 valence electrons. The third kappa shape index (κ3) is 5.56. The van der Waals surface area contributed by atoms with Crippen LogP contribution in [0.3, 0.4) is 0 Å². The third-order valence-corrected chi connectivity index (χ3v) is 4.53. The SMILES string of the molecule is CCOC(=O)c1nn(Cc2ccc(C=O)cc2)c(C)c1-c1ccc(C#N)c(O)c1.COF. The Morgan fingerprint density at radius 3 is 2.47 bits per heavy atom. The van der Waals surface area contributed by atoms with Crippen molar-refractivity contribution in [2.24, 2.45) is 0 Å². The number of carbonyl (C=O) groups is 2. The van der Waals surface area contributed by atoms with Crippen molar-refractivity contribution in [2.45, 2.75) is 20.4 Å². The maximum absolute atomic E-state index is 12.5. The van der Waals surface area contributed by atoms with E-state index < -0.39 is 5.97 Å². The molecule has 0 saturated carbocycles. The summed E-state index contributed by atoms with van der Waals surface area (Å²) >= 11 is 0. The maximum Gasteiger partial charge on any atom is 0.359 e. The number of aldehydes is 1. The van der Waals surface area contributed by atoms with Gasteiger partial charge in [0.05, 0.1) is 25.8 Å². The van der Waals surface area contributed by atoms with Gasteiger partial charge in [-0.2, -0.15) is 15.3 Å². The monoisotopic (exact) mass is 439 g/mol. The number of aromatic nitrogens is 2. The van der Waals surface area contributed by atoms with Gasteiger partial charge in [-0.3, -0.25) is 9.48 Å². The number of phenolic OH excluding ortho intramolecular Hbond substituents is 1. The maximum atomic E-state index is 12.5. The minimum absolute atomic E-state index is 0.137. The smallest absolute Gasteiger partial charge is 0.359 e. The molecule has 0 aliphatic carbocycles. The van der Waals surface area contributed by atoms with E-state index in [0.717, 1.165) is 19.0 Å². The Morgan fingerprint density at radius 2 is 1.94 bits per heavy atom. The molecule has 1 heterocycles. The zero-order valence-electron chi connectivity index (χ0n) is 17.8. The first-order valence-corrected chi connectivity index (χ1v) is 9.56. The van der Waals surface area contributed by atoms with Crippen molar-refractivity contribution in [3.8, 4) is 22.9 Å². The summed E-state index contributed by atoms with van der Waals surface area (Å²) in [6.45, 7) is 4.12. The van der Waals surface area contributed by atoms with Crippen molar-refractivity contribution in [2.75, 3.05) is 13.7 Å². The second-order valence-electron chi connectivity index (χ2n) is 6.54. The predicted octanol–water partition coefficient (Wildman–Crippen LogP) is 3.99. The largest absolute Gasteiger partial charge is 0.507 e. The molecule has 0 radical (unpaired) electrons. The van der Waals surface area contributed by atoms with Crippen LogP contribution < -0.4 is 0 Å². The number of nitrogens with zero attached hydrogens (tertiary/aromatic N) is 3. The van der Waals surface area contributed by atoms with Crippen molar-refractivity contribution in [3.63, 3.8) is 0 Å². The lowest BCUT2D eigenvalue weighted by Gasteiger charge is -2.07. The number of carbonyl (C=O) groups excluding carboxylic acids is 2. The summed E-state index contributed by atoms with van der Waals surface area (Å²) in [5, 5.41) is 23.5. The van der Waals surface area contributed by atoms with E-state index in [9.17, 15) is 19.2 Å². The van der Waals surface area contributed by atoms with Crippen LogP contribution in [0.2, 0.25) is 0 Å². The van der Waals surface area contributed by atoms with Crippen LogP contribution in [0, 0.1) is 18.3 Å². The number of hydrogen-bond acceptors (Lipinski definition) is 7. The van der Waals surface area contributed by atoms with Gasteiger partial charge in [-0.15, -0.1) is 0 Å². The molecule has 3 aromatic rings. The van der Waals surface area contributed by atoms with Crippen molar-refractivity contribution in [1.29, 1.82) is 5.26 Å². The van der Waals surface area contributed by atoms with Crippen molar-refractivity contribution >= 4 is 12.3 Å². The van der Waals surface area contributed by atoms with Crippen LogP contribution in [0.5, 0.6) is 5.75 Å². The van der Waals surface area contributed by atoms with E-state index in [2.05, 4.69) is 10.0 Å². The van der Waals surface area contributed by atoms with Gasteiger partial charge in [0, 0.05) is 16.8 Å². The van der Waals surface area contributed by atoms with Gasteiger partial charge in [0.25, 0.3) is 0 Å². The number of halogens is 1. The Morgan fingerprint density at radius 1 is 1.28 bits per heavy atom. The molecule has 1 N–H and O–H groups in total. The fraction of sp³-hybridized carbons (Fsp3) is 0.217. The molecular formula is C23H22FN3O5. The lowest BCUT2D eigenvalue weighted by atomic mass is 10.0. The van der Waals surface area contributed by atoms with Gasteiger partial charge in [-0.25, -0.2) is 4.79 Å². The van der Waals surface area contributed by atoms with Crippen molar-refractivity contribution < 1.29 is 28.9 Å². The summed E-state index contributed by atoms with van der Waals surface area (Å²) in [4.78, 5) is 26.1. The van der Waals surface area contributed by atoms with Gasteiger partial charge in [0.2, 0.25) is 0 Å². The molecule has 1 aromatic heterocycles. The van der Waals surface area contributed by atoms with Gasteiger partial charge in [-0.1, -0.05) is 30.3 Å². The van der Waals surface area contributed by atoms with Crippen LogP contribution in [0.25, 0.3) is 11.1 Å². The minimum atomic E-state index is -0.565. The van der Waals surface area contributed by atoms with Crippen LogP contribution in [0.15, 0.2) is 42.5 Å². The summed E-state index contributed by atoms with van der Waals surface area (Å²) in [6, 6.07) is 13.6. The summed E-state index contributed by atoms with van der Waals surface area (Å²) in [6.07, 6.45) is 0.775. The van der Waals surface area contributed by atoms with Gasteiger partial charge >= 0.3 is 5.97 Å². The number of esters is 1. The highest BCUT2D eigenvalue weighted by Crippen LogP contribution is 2.32. The van der Waals surface area contributed by atoms with Gasteiger partial charge in [0.1, 0.15) is 18.1 Å². The van der Waals surface area contributed by atoms with E-state index in [1.165, 1.54) is 12.1 Å². The molecule has 0 aliphatic rings. The molecule has 0 bridgehead atoms. The molecular weight excluding hydrogens is 417 g/mol. The molecule has 0 atom stereocenters. The summed E-state index contributed by atoms with van der Waals surface area (Å²) < 4.78 is 16.6. The standard InChI is InChI=1S/C22H19N3O4.CH3FO/c1-3-29-22(28)21-20(17-8-9-18(11-23)19(27)10-17)14(2)25(24-21)12-15-4-6-16(13-26)7-5-15;1-3-2/h4-10,13,27H,3,12H2,1-2H3;1H3. The van der Waals surface area contributed by atoms with Crippen LogP contribution in [-0.2, 0) is 16.2 Å². The zero-order chi connectivity index (χ0) is 23.7. The van der Waals surface area contributed by atoms with Gasteiger partial charge in [-0.05, 0) is 41.6 Å². The van der Waals surface area contributed by atoms with Crippen LogP contribution in [0.1, 0.15) is 44.6 Å². The lowest BCUT2D eigenvalue weighted by Crippen LogP contribution is -2.09. The molecule has 0 amide bonds. The van der Waals surface area contributed by atoms with Crippen molar-refractivity contribution in [3.05, 3.63) is 70.5 Å². The Hall–Kier alpha value is -4.03. The predicted molar refractivity (Wildman–Crippen MR) is 114 cm³/mol. The minimum Gasteiger partial charge on any atom is -0.507 e. The molecule has 8 nitrogen and oxygen atoms in total. The molecule has 32 heavy (non-hydrogen) atoms. The number of nitriles is 1. The van der Waals surface area contributed by atoms with Crippen LogP contribution in [0.4, 0.5) is 4.53 Å². The first-order chi connectivity index (χ1) is 15.4. The molecule has 9 heteroatoms. The zero-order valence-corrected chi connectivity index (χ0v) is 17.8. The molecule has 0 fully saturated rings. The van der Waals surface area contributed by atoms with E-state index >= 15 is 0 Å². The van der Waals surface area contributed by atoms with E-state index in [1.807, 2.05) is 25.1 Å². The Labute approximate surface area is 184 Å². The Balaban J connectivity index is 0.00000114. The van der Waals surface area contributed by atoms with E-state index in [1.54, 1.807) is 29.8 Å². The molecule has 0 unspecified atom stereocenters. The van der Waals surface area contributed by atoms with Crippen molar-refractivity contribution in [1.82, 2.24) is 9.78 Å². The first-order valence-electron chi connectivity index (χ1n) is 9.56. The number of rotatable bonds is 6. The number of aromatic hydroxyl groups is 1. The topological polar surface area (TPSA) is 114 Å². The Bertz CT molecular complexity index is 1130. The van der Waals surface area contributed by atoms with E-state index in [-0.39, 0.29) is 23.6 Å². The number of benzene rings is 2. The summed E-state index contributed by atoms with van der Waals surface area (Å²) in [7, 11) is 0.958. The van der Waals surface area contributed by atoms with E-state index in [0.29, 0.717) is 28.9 Å². The fourth-order valence-corrected chi connectivity index (χ4v) is 3.04. The summed E-state index contributed by atoms with van der Waals surface area (Å²) in [5.74, 6) is -0.735. The second-order valence-corrected chi connectivity index (χ2v) is 6.54. The highest BCUT2D eigenvalue weighted by Gasteiger charge is 2.24. The van der Waals surface area contributed by atoms with Gasteiger partial charge < -0.3 is 9.84 Å². The van der Waals surface area contributed by atoms with Crippen LogP contribution >= 0.6 is 0 Å². The highest BCUT2D eigenvalue weighted by atomic mass is 19.3. The lowest BCUT2D eigenvalue weighted by molar-refractivity contribution is -0.0960. The average molecular weight is 439 g/mol. The highest BCUT2D eigenvalue weighted by molar-refractivity contribution is 5.96.